The molecule has 0 fully saturated rings. The number of para-hydroxylation sites is 1. The van der Waals surface area contributed by atoms with Crippen LogP contribution in [-0.2, 0) is 11.3 Å². The van der Waals surface area contributed by atoms with E-state index in [9.17, 15) is 4.79 Å². The van der Waals surface area contributed by atoms with Crippen LogP contribution in [0.1, 0.15) is 5.56 Å². The van der Waals surface area contributed by atoms with Crippen molar-refractivity contribution in [3.8, 4) is 11.5 Å². The van der Waals surface area contributed by atoms with E-state index < -0.39 is 0 Å². The highest BCUT2D eigenvalue weighted by atomic mass is 35.5. The van der Waals surface area contributed by atoms with Crippen LogP contribution < -0.4 is 9.47 Å². The largest absolute Gasteiger partial charge is 0.454 e. The van der Waals surface area contributed by atoms with Gasteiger partial charge in [-0.25, -0.2) is 0 Å². The van der Waals surface area contributed by atoms with Gasteiger partial charge in [0.25, 0.3) is 0 Å². The zero-order chi connectivity index (χ0) is 11.5. The van der Waals surface area contributed by atoms with Gasteiger partial charge < -0.3 is 14.4 Å². The number of fused-ring (bicyclic) bond motifs is 1. The Labute approximate surface area is 98.7 Å². The highest BCUT2D eigenvalue weighted by Gasteiger charge is 2.19. The third-order valence-electron chi connectivity index (χ3n) is 2.43. The van der Waals surface area contributed by atoms with Crippen LogP contribution in [0.15, 0.2) is 18.2 Å². The first-order chi connectivity index (χ1) is 7.72. The number of hydrogen-bond acceptors (Lipinski definition) is 3. The number of nitrogens with zero attached hydrogens (tertiary/aromatic N) is 1. The van der Waals surface area contributed by atoms with Crippen molar-refractivity contribution in [1.29, 1.82) is 0 Å². The van der Waals surface area contributed by atoms with E-state index in [4.69, 9.17) is 21.1 Å². The highest BCUT2D eigenvalue weighted by molar-refractivity contribution is 6.27. The summed E-state index contributed by atoms with van der Waals surface area (Å²) in [5.41, 5.74) is 0.927. The summed E-state index contributed by atoms with van der Waals surface area (Å²) in [5.74, 6) is 1.32. The lowest BCUT2D eigenvalue weighted by Crippen LogP contribution is -2.27. The van der Waals surface area contributed by atoms with Gasteiger partial charge in [-0.05, 0) is 6.07 Å². The van der Waals surface area contributed by atoms with Gasteiger partial charge in [-0.2, -0.15) is 0 Å². The highest BCUT2D eigenvalue weighted by Crippen LogP contribution is 2.35. The van der Waals surface area contributed by atoms with Crippen LogP contribution in [0, 0.1) is 0 Å². The molecule has 0 radical (unpaired) electrons. The van der Waals surface area contributed by atoms with Gasteiger partial charge in [0.05, 0.1) is 0 Å². The fourth-order valence-electron chi connectivity index (χ4n) is 1.56. The van der Waals surface area contributed by atoms with E-state index >= 15 is 0 Å². The second-order valence-electron chi connectivity index (χ2n) is 3.53. The predicted molar refractivity (Wildman–Crippen MR) is 59.8 cm³/mol. The van der Waals surface area contributed by atoms with Crippen LogP contribution in [-0.4, -0.2) is 30.5 Å². The standard InChI is InChI=1S/C11H12ClNO3/c1-13(10(14)5-12)6-8-3-2-4-9-11(8)16-7-15-9/h2-4H,5-7H2,1H3. The molecule has 2 rings (SSSR count). The first kappa shape index (κ1) is 11.1. The molecule has 1 aliphatic heterocycles. The number of carbonyl (C=O) groups excluding carboxylic acids is 1. The van der Waals surface area contributed by atoms with E-state index in [1.165, 1.54) is 0 Å². The molecule has 0 saturated carbocycles. The Morgan fingerprint density at radius 1 is 1.50 bits per heavy atom. The van der Waals surface area contributed by atoms with Gasteiger partial charge in [-0.3, -0.25) is 4.79 Å². The van der Waals surface area contributed by atoms with E-state index in [0.29, 0.717) is 6.54 Å². The lowest BCUT2D eigenvalue weighted by molar-refractivity contribution is -0.127. The summed E-state index contributed by atoms with van der Waals surface area (Å²) in [7, 11) is 1.71. The minimum Gasteiger partial charge on any atom is -0.454 e. The Bertz CT molecular complexity index is 408. The Morgan fingerprint density at radius 2 is 2.31 bits per heavy atom. The van der Waals surface area contributed by atoms with Crippen molar-refractivity contribution in [3.05, 3.63) is 23.8 Å². The van der Waals surface area contributed by atoms with E-state index in [2.05, 4.69) is 0 Å². The van der Waals surface area contributed by atoms with Crippen molar-refractivity contribution in [2.75, 3.05) is 19.7 Å². The molecule has 1 aromatic carbocycles. The van der Waals surface area contributed by atoms with Crippen LogP contribution in [0.25, 0.3) is 0 Å². The third-order valence-corrected chi connectivity index (χ3v) is 2.65. The summed E-state index contributed by atoms with van der Waals surface area (Å²) in [5, 5.41) is 0. The van der Waals surface area contributed by atoms with Crippen LogP contribution in [0.5, 0.6) is 11.5 Å². The number of amides is 1. The van der Waals surface area contributed by atoms with Crippen molar-refractivity contribution < 1.29 is 14.3 Å². The molecule has 4 nitrogen and oxygen atoms in total. The van der Waals surface area contributed by atoms with E-state index in [1.807, 2.05) is 18.2 Å². The van der Waals surface area contributed by atoms with E-state index in [0.717, 1.165) is 17.1 Å². The van der Waals surface area contributed by atoms with Gasteiger partial charge in [0.2, 0.25) is 12.7 Å². The Kier molecular flexibility index (Phi) is 3.19. The topological polar surface area (TPSA) is 38.8 Å². The lowest BCUT2D eigenvalue weighted by atomic mass is 10.2. The molecule has 0 aliphatic carbocycles. The molecule has 0 N–H and O–H groups in total. The van der Waals surface area contributed by atoms with Crippen LogP contribution in [0.3, 0.4) is 0 Å². The zero-order valence-electron chi connectivity index (χ0n) is 8.90. The summed E-state index contributed by atoms with van der Waals surface area (Å²) in [6.45, 7) is 0.706. The number of carbonyl (C=O) groups is 1. The smallest absolute Gasteiger partial charge is 0.237 e. The van der Waals surface area contributed by atoms with Crippen molar-refractivity contribution in [1.82, 2.24) is 4.90 Å². The molecule has 1 aliphatic rings. The minimum absolute atomic E-state index is 0.0110. The molecular weight excluding hydrogens is 230 g/mol. The SMILES string of the molecule is CN(Cc1cccc2c1OCO2)C(=O)CCl. The molecule has 0 unspecified atom stereocenters. The number of rotatable bonds is 3. The van der Waals surface area contributed by atoms with Crippen molar-refractivity contribution in [2.24, 2.45) is 0 Å². The molecule has 5 heteroatoms. The average Bonchev–Trinajstić information content (AvgIpc) is 2.77. The average molecular weight is 242 g/mol. The summed E-state index contributed by atoms with van der Waals surface area (Å²) >= 11 is 5.48. The maximum absolute atomic E-state index is 11.3. The lowest BCUT2D eigenvalue weighted by Gasteiger charge is -2.16. The van der Waals surface area contributed by atoms with Gasteiger partial charge in [0.15, 0.2) is 11.5 Å². The molecule has 1 aromatic rings. The molecule has 0 spiro atoms. The summed E-state index contributed by atoms with van der Waals surface area (Å²) < 4.78 is 10.6. The summed E-state index contributed by atoms with van der Waals surface area (Å²) in [4.78, 5) is 12.9. The normalized spacial score (nSPS) is 12.6. The molecular formula is C11H12ClNO3. The number of alkyl halides is 1. The quantitative estimate of drug-likeness (QED) is 0.755. The Hall–Kier alpha value is -1.42. The van der Waals surface area contributed by atoms with Gasteiger partial charge in [-0.15, -0.1) is 11.6 Å². The van der Waals surface area contributed by atoms with Crippen LogP contribution in [0.4, 0.5) is 0 Å². The first-order valence-electron chi connectivity index (χ1n) is 4.90. The van der Waals surface area contributed by atoms with Gasteiger partial charge in [-0.1, -0.05) is 12.1 Å². The molecule has 0 saturated heterocycles. The first-order valence-corrected chi connectivity index (χ1v) is 5.43. The minimum atomic E-state index is -0.113. The third kappa shape index (κ3) is 2.07. The van der Waals surface area contributed by atoms with Gasteiger partial charge in [0.1, 0.15) is 5.88 Å². The summed E-state index contributed by atoms with van der Waals surface area (Å²) in [6, 6.07) is 5.63. The molecule has 0 aromatic heterocycles. The molecule has 86 valence electrons. The molecule has 0 bridgehead atoms. The summed E-state index contributed by atoms with van der Waals surface area (Å²) in [6.07, 6.45) is 0. The Morgan fingerprint density at radius 3 is 3.06 bits per heavy atom. The zero-order valence-corrected chi connectivity index (χ0v) is 9.66. The van der Waals surface area contributed by atoms with E-state index in [1.54, 1.807) is 11.9 Å². The molecule has 1 amide bonds. The molecule has 1 heterocycles. The molecule has 16 heavy (non-hydrogen) atoms. The van der Waals surface area contributed by atoms with Crippen LogP contribution >= 0.6 is 11.6 Å². The number of ether oxygens (including phenoxy) is 2. The van der Waals surface area contributed by atoms with Gasteiger partial charge in [0, 0.05) is 19.2 Å². The predicted octanol–water partition coefficient (Wildman–Crippen LogP) is 1.61. The fourth-order valence-corrected chi connectivity index (χ4v) is 1.76. The van der Waals surface area contributed by atoms with Gasteiger partial charge >= 0.3 is 0 Å². The number of hydrogen-bond donors (Lipinski definition) is 0. The second-order valence-corrected chi connectivity index (χ2v) is 3.80. The number of benzene rings is 1. The maximum Gasteiger partial charge on any atom is 0.237 e. The van der Waals surface area contributed by atoms with Crippen molar-refractivity contribution in [3.63, 3.8) is 0 Å². The monoisotopic (exact) mass is 241 g/mol. The molecule has 0 atom stereocenters. The van der Waals surface area contributed by atoms with E-state index in [-0.39, 0.29) is 18.6 Å². The van der Waals surface area contributed by atoms with Crippen molar-refractivity contribution >= 4 is 17.5 Å². The van der Waals surface area contributed by atoms with Crippen LogP contribution in [0.2, 0.25) is 0 Å². The Balaban J connectivity index is 2.16. The fraction of sp³-hybridized carbons (Fsp3) is 0.364. The number of halogens is 1. The second kappa shape index (κ2) is 4.61. The van der Waals surface area contributed by atoms with Crippen molar-refractivity contribution in [2.45, 2.75) is 6.54 Å². The maximum atomic E-state index is 11.3.